The van der Waals surface area contributed by atoms with E-state index in [2.05, 4.69) is 181 Å². The number of thiol groups is 1. The predicted octanol–water partition coefficient (Wildman–Crippen LogP) is 16.1. The molecule has 2 heterocycles. The third-order valence-corrected chi connectivity index (χ3v) is 13.8. The van der Waals surface area contributed by atoms with Crippen molar-refractivity contribution >= 4 is 90.7 Å². The van der Waals surface area contributed by atoms with Gasteiger partial charge in [0.25, 0.3) is 0 Å². The number of furan rings is 2. The Balaban J connectivity index is 0.975. The van der Waals surface area contributed by atoms with Gasteiger partial charge in [0.15, 0.2) is 5.84 Å². The average Bonchev–Trinajstić information content (AvgIpc) is 3.99. The Morgan fingerprint density at radius 1 is 0.536 bits per heavy atom. The minimum absolute atomic E-state index is 0.200. The van der Waals surface area contributed by atoms with Crippen molar-refractivity contribution in [3.05, 3.63) is 263 Å². The molecule has 8 aromatic carbocycles. The smallest absolute Gasteiger partial charge is 0.157 e. The second-order valence-electron chi connectivity index (χ2n) is 17.7. The summed E-state index contributed by atoms with van der Waals surface area (Å²) in [6, 6.07) is 70.5. The molecule has 0 bridgehead atoms. The summed E-state index contributed by atoms with van der Waals surface area (Å²) in [5, 5.41) is 4.17. The van der Waals surface area contributed by atoms with Gasteiger partial charge in [-0.25, -0.2) is 4.99 Å². The third-order valence-electron chi connectivity index (χ3n) is 13.6. The number of hydrogen-bond donors (Lipinski definition) is 2. The highest BCUT2D eigenvalue weighted by Gasteiger charge is 2.34. The number of allylic oxidation sites excluding steroid dienone is 8. The first kappa shape index (κ1) is 42.2. The van der Waals surface area contributed by atoms with E-state index in [0.717, 1.165) is 79.8 Å². The second kappa shape index (κ2) is 18.5. The quantitative estimate of drug-likeness (QED) is 0.0862. The van der Waals surface area contributed by atoms with Crippen LogP contribution in [-0.4, -0.2) is 11.7 Å². The van der Waals surface area contributed by atoms with Crippen LogP contribution in [0.25, 0.3) is 66.2 Å². The lowest BCUT2D eigenvalue weighted by Crippen LogP contribution is -2.17. The van der Waals surface area contributed by atoms with Crippen LogP contribution in [0.1, 0.15) is 58.2 Å². The first-order valence-corrected chi connectivity index (χ1v) is 24.1. The van der Waals surface area contributed by atoms with Crippen LogP contribution < -0.4 is 4.72 Å². The fourth-order valence-corrected chi connectivity index (χ4v) is 10.5. The van der Waals surface area contributed by atoms with E-state index < -0.39 is 0 Å². The molecule has 12 rings (SSSR count). The monoisotopic (exact) mass is 909 g/mol. The Labute approximate surface area is 406 Å². The van der Waals surface area contributed by atoms with E-state index in [1.54, 1.807) is 0 Å². The normalized spacial score (nSPS) is 15.7. The molecule has 0 aliphatic heterocycles. The van der Waals surface area contributed by atoms with E-state index in [0.29, 0.717) is 18.2 Å². The van der Waals surface area contributed by atoms with Crippen LogP contribution in [0.4, 0.5) is 0 Å². The van der Waals surface area contributed by atoms with Gasteiger partial charge >= 0.3 is 0 Å². The van der Waals surface area contributed by atoms with Crippen molar-refractivity contribution in [1.29, 1.82) is 0 Å². The summed E-state index contributed by atoms with van der Waals surface area (Å²) in [4.78, 5) is 10.5. The van der Waals surface area contributed by atoms with Crippen LogP contribution >= 0.6 is 12.8 Å². The number of para-hydroxylation sites is 2. The number of rotatable bonds is 9. The number of nitrogens with one attached hydrogen (secondary N) is 1. The molecule has 332 valence electrons. The number of aliphatic imine (C=N–C) groups is 2. The summed E-state index contributed by atoms with van der Waals surface area (Å²) in [6.07, 6.45) is 9.87. The fraction of sp³-hybridized carbons (Fsp3) is 0.0794. The lowest BCUT2D eigenvalue weighted by Gasteiger charge is -2.36. The van der Waals surface area contributed by atoms with Crippen LogP contribution in [0.3, 0.4) is 0 Å². The van der Waals surface area contributed by atoms with Gasteiger partial charge in [-0.05, 0) is 112 Å². The largest absolute Gasteiger partial charge is 0.456 e. The van der Waals surface area contributed by atoms with Crippen molar-refractivity contribution in [2.75, 3.05) is 0 Å². The number of fused-ring (bicyclic) bond motifs is 6. The van der Waals surface area contributed by atoms with Crippen molar-refractivity contribution in [3.63, 3.8) is 0 Å². The molecule has 0 spiro atoms. The first-order valence-electron chi connectivity index (χ1n) is 23.6. The van der Waals surface area contributed by atoms with Gasteiger partial charge in [-0.3, -0.25) is 4.99 Å². The molecular formula is C63H47N3O2S. The van der Waals surface area contributed by atoms with Gasteiger partial charge in [-0.15, -0.1) is 0 Å². The molecular weight excluding hydrogens is 863 g/mol. The molecule has 10 aromatic rings. The standard InChI is InChI=1S/C63H47N3O2S/c69-66-63(47-34-36-57-54(37-47)50-26-14-16-28-56(50)67-57)65-62(48-33-35-51-49-25-13-15-27-55(49)68-58(51)38-48)64-40-41-29-31-43(32-30-41)53-39-52(42-17-5-1-6-18-42)59(44-19-7-2-8-20-44)61(46-23-11-4-12-24-46)60(53)45-21-9-3-10-22-45/h1-5,7-17,19-38,52,69H,6,18,39-40H2,(H,64,65,66). The number of benzene rings is 8. The van der Waals surface area contributed by atoms with Gasteiger partial charge in [0.05, 0.1) is 6.54 Å². The molecule has 0 amide bonds. The molecule has 1 N–H and O–H groups in total. The zero-order valence-corrected chi connectivity index (χ0v) is 38.7. The highest BCUT2D eigenvalue weighted by atomic mass is 32.1. The van der Waals surface area contributed by atoms with Gasteiger partial charge in [0, 0.05) is 38.6 Å². The summed E-state index contributed by atoms with van der Waals surface area (Å²) in [7, 11) is 0. The summed E-state index contributed by atoms with van der Waals surface area (Å²) >= 11 is 4.60. The lowest BCUT2D eigenvalue weighted by atomic mass is 9.67. The van der Waals surface area contributed by atoms with Crippen LogP contribution in [0.15, 0.2) is 243 Å². The van der Waals surface area contributed by atoms with Gasteiger partial charge in [-0.2, -0.15) is 0 Å². The van der Waals surface area contributed by atoms with Crippen LogP contribution in [0, 0.1) is 5.92 Å². The maximum atomic E-state index is 6.37. The van der Waals surface area contributed by atoms with Crippen LogP contribution in [-0.2, 0) is 6.54 Å². The van der Waals surface area contributed by atoms with E-state index in [1.807, 2.05) is 54.6 Å². The second-order valence-corrected chi connectivity index (χ2v) is 18.0. The Kier molecular flexibility index (Phi) is 11.3. The van der Waals surface area contributed by atoms with Gasteiger partial charge in [-0.1, -0.05) is 194 Å². The van der Waals surface area contributed by atoms with Crippen molar-refractivity contribution in [2.45, 2.75) is 25.8 Å². The van der Waals surface area contributed by atoms with Crippen molar-refractivity contribution in [2.24, 2.45) is 15.9 Å². The summed E-state index contributed by atoms with van der Waals surface area (Å²) in [5.41, 5.74) is 17.7. The topological polar surface area (TPSA) is 63.0 Å². The molecule has 0 saturated heterocycles. The molecule has 0 saturated carbocycles. The Hall–Kier alpha value is -8.19. The highest BCUT2D eigenvalue weighted by Crippen LogP contribution is 2.54. The fourth-order valence-electron chi connectivity index (χ4n) is 10.3. The van der Waals surface area contributed by atoms with Crippen molar-refractivity contribution < 1.29 is 8.83 Å². The molecule has 2 aromatic heterocycles. The SMILES string of the molecule is SNC(=NC(=NCc1ccc(C2=C(c3ccccc3)C(c3ccccc3)=C(c3ccccc3)C(C3=CC=CCC3)C2)cc1)c1ccc2c(c1)oc1ccccc12)c1ccc2oc3ccccc3c2c1. The highest BCUT2D eigenvalue weighted by molar-refractivity contribution is 7.78. The maximum Gasteiger partial charge on any atom is 0.157 e. The molecule has 69 heavy (non-hydrogen) atoms. The number of amidine groups is 2. The maximum absolute atomic E-state index is 6.37. The summed E-state index contributed by atoms with van der Waals surface area (Å²) in [6.45, 7) is 0.405. The molecule has 2 aliphatic rings. The Morgan fingerprint density at radius 2 is 1.13 bits per heavy atom. The van der Waals surface area contributed by atoms with E-state index in [-0.39, 0.29) is 5.92 Å². The summed E-state index contributed by atoms with van der Waals surface area (Å²) in [5.74, 6) is 1.32. The molecule has 6 heteroatoms. The predicted molar refractivity (Wildman–Crippen MR) is 290 cm³/mol. The first-order chi connectivity index (χ1) is 34.2. The van der Waals surface area contributed by atoms with E-state index in [1.165, 1.54) is 50.1 Å². The molecule has 0 radical (unpaired) electrons. The van der Waals surface area contributed by atoms with Gasteiger partial charge < -0.3 is 13.6 Å². The lowest BCUT2D eigenvalue weighted by molar-refractivity contribution is 0.668. The molecule has 0 fully saturated rings. The zero-order valence-electron chi connectivity index (χ0n) is 37.8. The molecule has 1 unspecified atom stereocenters. The third kappa shape index (κ3) is 8.13. The minimum Gasteiger partial charge on any atom is -0.456 e. The molecule has 5 nitrogen and oxygen atoms in total. The zero-order chi connectivity index (χ0) is 46.1. The van der Waals surface area contributed by atoms with Crippen LogP contribution in [0.2, 0.25) is 0 Å². The number of hydrogen-bond acceptors (Lipinski definition) is 4. The molecule has 1 atom stereocenters. The minimum atomic E-state index is 0.200. The van der Waals surface area contributed by atoms with E-state index in [4.69, 9.17) is 18.8 Å². The van der Waals surface area contributed by atoms with Gasteiger partial charge in [0.1, 0.15) is 28.2 Å². The van der Waals surface area contributed by atoms with E-state index in [9.17, 15) is 0 Å². The molecule has 2 aliphatic carbocycles. The van der Waals surface area contributed by atoms with Crippen molar-refractivity contribution in [1.82, 2.24) is 4.72 Å². The summed E-state index contributed by atoms with van der Waals surface area (Å²) < 4.78 is 15.6. The Morgan fingerprint density at radius 3 is 1.81 bits per heavy atom. The number of nitrogens with zero attached hydrogens (tertiary/aromatic N) is 2. The average molecular weight is 910 g/mol. The van der Waals surface area contributed by atoms with Gasteiger partial charge in [0.2, 0.25) is 0 Å². The van der Waals surface area contributed by atoms with Crippen LogP contribution in [0.5, 0.6) is 0 Å². The van der Waals surface area contributed by atoms with Crippen molar-refractivity contribution in [3.8, 4) is 0 Å². The Bertz CT molecular complexity index is 3740. The van der Waals surface area contributed by atoms with E-state index >= 15 is 0 Å².